The van der Waals surface area contributed by atoms with Crippen molar-refractivity contribution in [1.82, 2.24) is 5.48 Å². The van der Waals surface area contributed by atoms with Gasteiger partial charge in [0, 0.05) is 0 Å². The number of hydrogen-bond donors (Lipinski definition) is 2. The van der Waals surface area contributed by atoms with Crippen molar-refractivity contribution in [3.8, 4) is 0 Å². The van der Waals surface area contributed by atoms with Crippen LogP contribution in [0.15, 0.2) is 0 Å². The van der Waals surface area contributed by atoms with Crippen LogP contribution in [0.1, 0.15) is 6.92 Å². The van der Waals surface area contributed by atoms with Gasteiger partial charge in [-0.1, -0.05) is 0 Å². The van der Waals surface area contributed by atoms with Crippen LogP contribution in [0.3, 0.4) is 0 Å². The summed E-state index contributed by atoms with van der Waals surface area (Å²) in [6.45, 7) is 1.49. The van der Waals surface area contributed by atoms with Crippen molar-refractivity contribution in [2.24, 2.45) is 0 Å². The van der Waals surface area contributed by atoms with Crippen LogP contribution < -0.4 is 5.48 Å². The summed E-state index contributed by atoms with van der Waals surface area (Å²) in [4.78, 5) is 9.39. The molecule has 3 heteroatoms. The van der Waals surface area contributed by atoms with E-state index in [1.807, 2.05) is 0 Å². The van der Waals surface area contributed by atoms with Crippen molar-refractivity contribution >= 4 is 6.29 Å². The summed E-state index contributed by atoms with van der Waals surface area (Å²) in [7, 11) is 0. The first-order chi connectivity index (χ1) is 2.81. The van der Waals surface area contributed by atoms with Crippen LogP contribution >= 0.6 is 0 Å². The number of carbonyl (C=O) groups excluding carboxylic acids is 1. The molecular formula is C3H6NO2. The number of rotatable bonds is 2. The Morgan fingerprint density at radius 3 is 2.50 bits per heavy atom. The lowest BCUT2D eigenvalue weighted by Gasteiger charge is -1.91. The number of hydrogen-bond acceptors (Lipinski definition) is 3. The molecule has 0 aliphatic rings. The SMILES string of the molecule is CC([C]=O)NO. The van der Waals surface area contributed by atoms with E-state index in [2.05, 4.69) is 0 Å². The average molecular weight is 88.1 g/mol. The Hall–Kier alpha value is -0.410. The van der Waals surface area contributed by atoms with E-state index in [9.17, 15) is 4.79 Å². The fourth-order valence-electron chi connectivity index (χ4n) is 0.0264. The second kappa shape index (κ2) is 2.81. The van der Waals surface area contributed by atoms with Gasteiger partial charge in [0.1, 0.15) is 0 Å². The first-order valence-electron chi connectivity index (χ1n) is 1.58. The maximum absolute atomic E-state index is 9.39. The lowest BCUT2D eigenvalue weighted by Crippen LogP contribution is -2.22. The van der Waals surface area contributed by atoms with Crippen molar-refractivity contribution < 1.29 is 10.0 Å². The van der Waals surface area contributed by atoms with Gasteiger partial charge in [0.15, 0.2) is 0 Å². The van der Waals surface area contributed by atoms with Gasteiger partial charge in [-0.2, -0.15) is 5.48 Å². The van der Waals surface area contributed by atoms with Gasteiger partial charge in [-0.25, -0.2) is 0 Å². The van der Waals surface area contributed by atoms with Crippen molar-refractivity contribution in [3.05, 3.63) is 0 Å². The van der Waals surface area contributed by atoms with Gasteiger partial charge in [0.2, 0.25) is 6.29 Å². The molecule has 0 spiro atoms. The summed E-state index contributed by atoms with van der Waals surface area (Å²) in [6, 6.07) is -0.565. The number of nitrogens with one attached hydrogen (secondary N) is 1. The summed E-state index contributed by atoms with van der Waals surface area (Å²) >= 11 is 0. The summed E-state index contributed by atoms with van der Waals surface area (Å²) in [5, 5.41) is 7.82. The van der Waals surface area contributed by atoms with Gasteiger partial charge in [0.05, 0.1) is 6.04 Å². The molecule has 0 aromatic carbocycles. The molecule has 0 amide bonds. The Bertz CT molecular complexity index is 46.1. The first kappa shape index (κ1) is 5.59. The molecule has 0 aromatic heterocycles. The van der Waals surface area contributed by atoms with Gasteiger partial charge >= 0.3 is 0 Å². The average Bonchev–Trinajstić information content (AvgIpc) is 1.65. The quantitative estimate of drug-likeness (QED) is 0.446. The molecule has 3 nitrogen and oxygen atoms in total. The molecule has 6 heavy (non-hydrogen) atoms. The standard InChI is InChI=1S/C3H6NO2/c1-3(2-5)4-6/h3-4,6H,1H3. The fourth-order valence-corrected chi connectivity index (χ4v) is 0.0264. The van der Waals surface area contributed by atoms with Gasteiger partial charge < -0.3 is 5.21 Å². The highest BCUT2D eigenvalue weighted by Crippen LogP contribution is 1.63. The predicted molar refractivity (Wildman–Crippen MR) is 20.1 cm³/mol. The zero-order valence-electron chi connectivity index (χ0n) is 3.43. The summed E-state index contributed by atoms with van der Waals surface area (Å²) in [6.07, 6.45) is 1.50. The Balaban J connectivity index is 2.96. The smallest absolute Gasteiger partial charge is 0.218 e. The second-order valence-corrected chi connectivity index (χ2v) is 0.969. The maximum atomic E-state index is 9.39. The molecule has 35 valence electrons. The molecule has 0 saturated carbocycles. The highest BCUT2D eigenvalue weighted by Gasteiger charge is 1.91. The highest BCUT2D eigenvalue weighted by molar-refractivity contribution is 5.57. The zero-order valence-corrected chi connectivity index (χ0v) is 3.43. The van der Waals surface area contributed by atoms with Crippen molar-refractivity contribution in [2.45, 2.75) is 13.0 Å². The summed E-state index contributed by atoms with van der Waals surface area (Å²) in [5.41, 5.74) is 1.69. The second-order valence-electron chi connectivity index (χ2n) is 0.969. The Morgan fingerprint density at radius 2 is 2.50 bits per heavy atom. The molecule has 0 aliphatic heterocycles. The summed E-state index contributed by atoms with van der Waals surface area (Å²) < 4.78 is 0. The van der Waals surface area contributed by atoms with Gasteiger partial charge in [-0.15, -0.1) is 0 Å². The zero-order chi connectivity index (χ0) is 4.99. The molecule has 0 fully saturated rings. The summed E-state index contributed by atoms with van der Waals surface area (Å²) in [5.74, 6) is 0. The minimum Gasteiger partial charge on any atom is -0.316 e. The molecule has 0 aromatic rings. The van der Waals surface area contributed by atoms with Crippen molar-refractivity contribution in [2.75, 3.05) is 0 Å². The van der Waals surface area contributed by atoms with Crippen LogP contribution in [0.2, 0.25) is 0 Å². The largest absolute Gasteiger partial charge is 0.316 e. The van der Waals surface area contributed by atoms with E-state index in [0.29, 0.717) is 0 Å². The van der Waals surface area contributed by atoms with Crippen molar-refractivity contribution in [3.63, 3.8) is 0 Å². The van der Waals surface area contributed by atoms with E-state index in [-0.39, 0.29) is 0 Å². The van der Waals surface area contributed by atoms with Crippen LogP contribution in [-0.2, 0) is 4.79 Å². The Morgan fingerprint density at radius 1 is 2.00 bits per heavy atom. The van der Waals surface area contributed by atoms with Crippen LogP contribution in [0.4, 0.5) is 0 Å². The molecule has 2 N–H and O–H groups in total. The molecule has 1 radical (unpaired) electrons. The Labute approximate surface area is 35.9 Å². The van der Waals surface area contributed by atoms with E-state index in [1.165, 1.54) is 13.2 Å². The van der Waals surface area contributed by atoms with E-state index in [1.54, 1.807) is 5.48 Å². The minimum atomic E-state index is -0.565. The predicted octanol–water partition coefficient (Wildman–Crippen LogP) is -0.537. The van der Waals surface area contributed by atoms with Crippen LogP contribution in [0.5, 0.6) is 0 Å². The number of hydroxylamine groups is 1. The van der Waals surface area contributed by atoms with Crippen LogP contribution in [0.25, 0.3) is 0 Å². The lowest BCUT2D eigenvalue weighted by atomic mass is 10.4. The molecule has 0 heterocycles. The normalized spacial score (nSPS) is 13.7. The fraction of sp³-hybridized carbons (Fsp3) is 0.667. The molecule has 1 unspecified atom stereocenters. The van der Waals surface area contributed by atoms with Gasteiger partial charge in [-0.3, -0.25) is 4.79 Å². The van der Waals surface area contributed by atoms with Gasteiger partial charge in [0.25, 0.3) is 0 Å². The van der Waals surface area contributed by atoms with Crippen LogP contribution in [-0.4, -0.2) is 17.5 Å². The van der Waals surface area contributed by atoms with Crippen LogP contribution in [0, 0.1) is 0 Å². The van der Waals surface area contributed by atoms with E-state index in [0.717, 1.165) is 0 Å². The van der Waals surface area contributed by atoms with Crippen molar-refractivity contribution in [1.29, 1.82) is 0 Å². The minimum absolute atomic E-state index is 0.565. The highest BCUT2D eigenvalue weighted by atomic mass is 16.5. The Kier molecular flexibility index (Phi) is 2.62. The lowest BCUT2D eigenvalue weighted by molar-refractivity contribution is 0.154. The molecule has 1 atom stereocenters. The molecule has 0 bridgehead atoms. The first-order valence-corrected chi connectivity index (χ1v) is 1.58. The topological polar surface area (TPSA) is 49.3 Å². The molecule has 0 aliphatic carbocycles. The third-order valence-corrected chi connectivity index (χ3v) is 0.370. The van der Waals surface area contributed by atoms with E-state index < -0.39 is 6.04 Å². The van der Waals surface area contributed by atoms with Gasteiger partial charge in [-0.05, 0) is 6.92 Å². The van der Waals surface area contributed by atoms with E-state index >= 15 is 0 Å². The monoisotopic (exact) mass is 88.0 g/mol. The molecule has 0 saturated heterocycles. The third-order valence-electron chi connectivity index (χ3n) is 0.370. The third kappa shape index (κ3) is 1.87. The van der Waals surface area contributed by atoms with E-state index in [4.69, 9.17) is 5.21 Å². The molecular weight excluding hydrogens is 82.0 g/mol. The molecule has 0 rings (SSSR count). The maximum Gasteiger partial charge on any atom is 0.218 e.